The summed E-state index contributed by atoms with van der Waals surface area (Å²) in [5.74, 6) is 0.661. The number of halogens is 2. The SMILES string of the molecule is CCC1(C(=O)NC2CCC2)CCN(c2ccc(-c3nc(-c4cnn(C5CC(F)(CN6CCN(c7ccc(N)cc7F)CC6)C5)c4)cnc3/C(C#N)=C\N)cn2)CC1. The van der Waals surface area contributed by atoms with Gasteiger partial charge < -0.3 is 26.6 Å². The van der Waals surface area contributed by atoms with E-state index in [1.165, 1.54) is 18.7 Å². The van der Waals surface area contributed by atoms with Gasteiger partial charge in [-0.1, -0.05) is 6.92 Å². The summed E-state index contributed by atoms with van der Waals surface area (Å²) in [6.45, 7) is 6.40. The molecule has 2 saturated heterocycles. The number of anilines is 3. The summed E-state index contributed by atoms with van der Waals surface area (Å²) >= 11 is 0. The minimum Gasteiger partial charge on any atom is -0.403 e. The highest BCUT2D eigenvalue weighted by atomic mass is 19.1. The Morgan fingerprint density at radius 2 is 1.79 bits per heavy atom. The quantitative estimate of drug-likeness (QED) is 0.130. The topological polar surface area (TPSA) is 171 Å². The molecule has 2 saturated carbocycles. The van der Waals surface area contributed by atoms with Gasteiger partial charge >= 0.3 is 0 Å². The fraction of sp³-hybridized carbons (Fsp3) is 0.476. The van der Waals surface area contributed by atoms with Gasteiger partial charge in [-0.3, -0.25) is 19.4 Å². The number of pyridine rings is 1. The van der Waals surface area contributed by atoms with E-state index in [1.54, 1.807) is 35.4 Å². The van der Waals surface area contributed by atoms with Crippen LogP contribution in [0.5, 0.6) is 0 Å². The summed E-state index contributed by atoms with van der Waals surface area (Å²) in [4.78, 5) is 33.9. The fourth-order valence-corrected chi connectivity index (χ4v) is 8.70. The zero-order chi connectivity index (χ0) is 39.7. The van der Waals surface area contributed by atoms with E-state index in [2.05, 4.69) is 38.2 Å². The van der Waals surface area contributed by atoms with Crippen LogP contribution < -0.4 is 26.6 Å². The van der Waals surface area contributed by atoms with Gasteiger partial charge in [0, 0.05) is 100 Å². The van der Waals surface area contributed by atoms with Crippen molar-refractivity contribution in [3.63, 3.8) is 0 Å². The van der Waals surface area contributed by atoms with Crippen molar-refractivity contribution in [3.8, 4) is 28.6 Å². The van der Waals surface area contributed by atoms with Gasteiger partial charge in [0.25, 0.3) is 0 Å². The highest BCUT2D eigenvalue weighted by Gasteiger charge is 2.47. The number of benzene rings is 1. The predicted molar refractivity (Wildman–Crippen MR) is 216 cm³/mol. The number of carbonyl (C=O) groups is 1. The third-order valence-electron chi connectivity index (χ3n) is 12.6. The smallest absolute Gasteiger partial charge is 0.226 e. The largest absolute Gasteiger partial charge is 0.403 e. The van der Waals surface area contributed by atoms with E-state index in [9.17, 15) is 14.4 Å². The van der Waals surface area contributed by atoms with Crippen LogP contribution in [0.15, 0.2) is 61.3 Å². The van der Waals surface area contributed by atoms with Crippen LogP contribution in [0.1, 0.15) is 70.0 Å². The second kappa shape index (κ2) is 15.7. The molecular formula is C42H50F2N12O. The number of hydrogen-bond acceptors (Lipinski definition) is 11. The average molecular weight is 777 g/mol. The maximum Gasteiger partial charge on any atom is 0.226 e. The molecule has 57 heavy (non-hydrogen) atoms. The molecule has 2 aliphatic heterocycles. The molecule has 0 radical (unpaired) electrons. The zero-order valence-electron chi connectivity index (χ0n) is 32.4. The van der Waals surface area contributed by atoms with Crippen LogP contribution in [0.3, 0.4) is 0 Å². The molecule has 8 rings (SSSR count). The molecular weight excluding hydrogens is 727 g/mol. The van der Waals surface area contributed by atoms with Crippen molar-refractivity contribution in [2.45, 2.75) is 76.0 Å². The predicted octanol–water partition coefficient (Wildman–Crippen LogP) is 5.48. The molecule has 1 amide bonds. The van der Waals surface area contributed by atoms with Gasteiger partial charge in [0.1, 0.15) is 29.1 Å². The summed E-state index contributed by atoms with van der Waals surface area (Å²) in [5, 5.41) is 17.7. The highest BCUT2D eigenvalue weighted by Crippen LogP contribution is 2.45. The maximum atomic E-state index is 15.9. The Labute approximate surface area is 331 Å². The number of carbonyl (C=O) groups excluding carboxylic acids is 1. The van der Waals surface area contributed by atoms with Crippen LogP contribution in [0, 0.1) is 22.6 Å². The average Bonchev–Trinajstić information content (AvgIpc) is 3.69. The van der Waals surface area contributed by atoms with Gasteiger partial charge in [-0.05, 0) is 68.9 Å². The Morgan fingerprint density at radius 3 is 2.42 bits per heavy atom. The first-order chi connectivity index (χ1) is 27.6. The molecule has 4 aliphatic rings. The van der Waals surface area contributed by atoms with Gasteiger partial charge in [0.15, 0.2) is 0 Å². The zero-order valence-corrected chi connectivity index (χ0v) is 32.4. The van der Waals surface area contributed by atoms with Crippen LogP contribution >= 0.6 is 0 Å². The van der Waals surface area contributed by atoms with Crippen LogP contribution in [0.4, 0.5) is 26.0 Å². The minimum absolute atomic E-state index is 0.0999. The normalized spacial score (nSPS) is 22.7. The molecule has 3 aromatic heterocycles. The third kappa shape index (κ3) is 7.75. The number of aromatic nitrogens is 5. The lowest BCUT2D eigenvalue weighted by Gasteiger charge is -2.46. The molecule has 4 aromatic rings. The molecule has 5 heterocycles. The molecule has 0 atom stereocenters. The van der Waals surface area contributed by atoms with E-state index >= 15 is 4.39 Å². The van der Waals surface area contributed by atoms with E-state index < -0.39 is 5.67 Å². The van der Waals surface area contributed by atoms with Gasteiger partial charge in [-0.15, -0.1) is 0 Å². The molecule has 298 valence electrons. The van der Waals surface area contributed by atoms with Crippen molar-refractivity contribution in [2.24, 2.45) is 11.1 Å². The lowest BCUT2D eigenvalue weighted by atomic mass is 9.74. The van der Waals surface area contributed by atoms with E-state index in [-0.39, 0.29) is 28.8 Å². The molecule has 0 bridgehead atoms. The van der Waals surface area contributed by atoms with Gasteiger partial charge in [0.05, 0.1) is 46.5 Å². The minimum atomic E-state index is -1.33. The first-order valence-electron chi connectivity index (χ1n) is 20.1. The van der Waals surface area contributed by atoms with E-state index in [4.69, 9.17) is 21.4 Å². The van der Waals surface area contributed by atoms with Gasteiger partial charge in [0.2, 0.25) is 5.91 Å². The van der Waals surface area contributed by atoms with Crippen molar-refractivity contribution in [1.29, 1.82) is 5.26 Å². The van der Waals surface area contributed by atoms with Crippen molar-refractivity contribution in [2.75, 3.05) is 61.3 Å². The van der Waals surface area contributed by atoms with Crippen LogP contribution in [-0.2, 0) is 4.79 Å². The molecule has 0 spiro atoms. The molecule has 13 nitrogen and oxygen atoms in total. The van der Waals surface area contributed by atoms with Crippen molar-refractivity contribution >= 4 is 28.7 Å². The standard InChI is InChI=1S/C42H50F2N12O/c1-2-41(40(57)51-32-4-3-5-32)10-12-55(13-11-41)37-9-6-28(23-48-37)39-38(29(21-45)22-46)49-25-35(52-39)30-24-50-56(26-30)33-19-42(44,20-33)27-53-14-16-54(17-15-53)36-8-7-31(47)18-34(36)43/h6-9,18,21,23-26,32-33H,2-5,10-17,19-20,27,45,47H2,1H3,(H,51,57)/b29-21-. The third-order valence-corrected chi connectivity index (χ3v) is 12.6. The number of hydrogen-bond donors (Lipinski definition) is 3. The number of alkyl halides is 1. The lowest BCUT2D eigenvalue weighted by molar-refractivity contribution is -0.133. The van der Waals surface area contributed by atoms with Crippen LogP contribution in [-0.4, -0.2) is 93.1 Å². The number of allylic oxidation sites excluding steroid dienone is 1. The molecule has 0 unspecified atom stereocenters. The van der Waals surface area contributed by atoms with Crippen LogP contribution in [0.2, 0.25) is 0 Å². The molecule has 15 heteroatoms. The van der Waals surface area contributed by atoms with Crippen molar-refractivity contribution < 1.29 is 13.6 Å². The molecule has 5 N–H and O–H groups in total. The van der Waals surface area contributed by atoms with Crippen molar-refractivity contribution in [3.05, 3.63) is 72.8 Å². The number of piperazine rings is 1. The Kier molecular flexibility index (Phi) is 10.6. The first kappa shape index (κ1) is 38.3. The second-order valence-corrected chi connectivity index (χ2v) is 16.2. The number of nitrogens with one attached hydrogen (secondary N) is 1. The summed E-state index contributed by atoms with van der Waals surface area (Å²) in [6, 6.07) is 10.9. The first-order valence-corrected chi connectivity index (χ1v) is 20.1. The number of nitrogen functional groups attached to an aromatic ring is 1. The number of rotatable bonds is 11. The van der Waals surface area contributed by atoms with E-state index in [0.29, 0.717) is 91.2 Å². The fourth-order valence-electron chi connectivity index (χ4n) is 8.70. The monoisotopic (exact) mass is 776 g/mol. The summed E-state index contributed by atoms with van der Waals surface area (Å²) in [6.07, 6.45) is 14.5. The number of amides is 1. The van der Waals surface area contributed by atoms with E-state index in [1.807, 2.05) is 23.2 Å². The summed E-state index contributed by atoms with van der Waals surface area (Å²) < 4.78 is 32.2. The molecule has 4 fully saturated rings. The number of nitrogens with two attached hydrogens (primary N) is 2. The molecule has 2 aliphatic carbocycles. The lowest BCUT2D eigenvalue weighted by Crippen LogP contribution is -2.54. The van der Waals surface area contributed by atoms with Crippen LogP contribution in [0.25, 0.3) is 28.1 Å². The highest BCUT2D eigenvalue weighted by molar-refractivity contribution is 5.84. The van der Waals surface area contributed by atoms with Gasteiger partial charge in [-0.25, -0.2) is 18.7 Å². The van der Waals surface area contributed by atoms with E-state index in [0.717, 1.165) is 51.0 Å². The maximum absolute atomic E-state index is 15.9. The summed E-state index contributed by atoms with van der Waals surface area (Å²) in [7, 11) is 0. The van der Waals surface area contributed by atoms with Gasteiger partial charge in [-0.2, -0.15) is 10.4 Å². The number of nitriles is 1. The Hall–Kier alpha value is -5.62. The number of nitrogens with zero attached hydrogens (tertiary/aromatic N) is 9. The Bertz CT molecular complexity index is 2160. The summed E-state index contributed by atoms with van der Waals surface area (Å²) in [5.41, 5.74) is 13.7. The second-order valence-electron chi connectivity index (χ2n) is 16.2. The Balaban J connectivity index is 0.912. The van der Waals surface area contributed by atoms with Crippen molar-refractivity contribution in [1.82, 2.24) is 34.9 Å². The number of piperidine rings is 1. The Morgan fingerprint density at radius 1 is 1.02 bits per heavy atom. The molecule has 1 aromatic carbocycles.